The molecule has 0 fully saturated rings. The van der Waals surface area contributed by atoms with Crippen molar-refractivity contribution in [2.75, 3.05) is 20.3 Å². The molecule has 110 valence electrons. The van der Waals surface area contributed by atoms with Crippen molar-refractivity contribution in [1.29, 1.82) is 0 Å². The molecule has 3 rings (SSSR count). The summed E-state index contributed by atoms with van der Waals surface area (Å²) in [6.07, 6.45) is 5.68. The Labute approximate surface area is 122 Å². The Kier molecular flexibility index (Phi) is 3.66. The molecule has 3 heterocycles. The zero-order valence-electron chi connectivity index (χ0n) is 12.1. The Morgan fingerprint density at radius 2 is 2.29 bits per heavy atom. The predicted octanol–water partition coefficient (Wildman–Crippen LogP) is 0.596. The molecule has 0 bridgehead atoms. The van der Waals surface area contributed by atoms with Gasteiger partial charge in [0.1, 0.15) is 0 Å². The quantitative estimate of drug-likeness (QED) is 0.826. The molecule has 0 saturated heterocycles. The molecule has 7 nitrogen and oxygen atoms in total. The van der Waals surface area contributed by atoms with Crippen LogP contribution in [0.15, 0.2) is 24.7 Å². The van der Waals surface area contributed by atoms with Gasteiger partial charge in [-0.05, 0) is 18.1 Å². The fourth-order valence-electron chi connectivity index (χ4n) is 2.81. The van der Waals surface area contributed by atoms with E-state index in [0.717, 1.165) is 12.1 Å². The van der Waals surface area contributed by atoms with Gasteiger partial charge < -0.3 is 9.64 Å². The highest BCUT2D eigenvalue weighted by Crippen LogP contribution is 2.30. The molecule has 0 aliphatic carbocycles. The number of carbonyl (C=O) groups is 1. The normalized spacial score (nSPS) is 17.6. The number of rotatable bonds is 3. The average Bonchev–Trinajstić information content (AvgIpc) is 2.90. The molecule has 7 heteroatoms. The van der Waals surface area contributed by atoms with Gasteiger partial charge in [-0.2, -0.15) is 15.3 Å². The summed E-state index contributed by atoms with van der Waals surface area (Å²) in [5.41, 5.74) is 2.76. The second kappa shape index (κ2) is 5.61. The van der Waals surface area contributed by atoms with E-state index in [-0.39, 0.29) is 11.9 Å². The number of nitrogens with zero attached hydrogens (tertiary/aromatic N) is 5. The number of hydrogen-bond donors (Lipinski definition) is 0. The van der Waals surface area contributed by atoms with Crippen molar-refractivity contribution in [3.63, 3.8) is 0 Å². The first-order chi connectivity index (χ1) is 10.2. The lowest BCUT2D eigenvalue weighted by atomic mass is 9.99. The van der Waals surface area contributed by atoms with Gasteiger partial charge >= 0.3 is 0 Å². The van der Waals surface area contributed by atoms with Crippen molar-refractivity contribution in [2.45, 2.75) is 12.5 Å². The van der Waals surface area contributed by atoms with E-state index in [0.29, 0.717) is 18.7 Å². The van der Waals surface area contributed by atoms with Crippen molar-refractivity contribution in [1.82, 2.24) is 24.9 Å². The maximum absolute atomic E-state index is 12.7. The Bertz CT molecular complexity index is 640. The fraction of sp³-hybridized carbons (Fsp3) is 0.429. The molecule has 1 unspecified atom stereocenters. The minimum Gasteiger partial charge on any atom is -0.382 e. The summed E-state index contributed by atoms with van der Waals surface area (Å²) in [4.78, 5) is 14.5. The van der Waals surface area contributed by atoms with E-state index in [9.17, 15) is 4.79 Å². The Morgan fingerprint density at radius 3 is 3.00 bits per heavy atom. The molecular weight excluding hydrogens is 270 g/mol. The van der Waals surface area contributed by atoms with E-state index in [4.69, 9.17) is 4.74 Å². The lowest BCUT2D eigenvalue weighted by Gasteiger charge is -2.35. The van der Waals surface area contributed by atoms with Gasteiger partial charge in [-0.25, -0.2) is 0 Å². The molecule has 0 aromatic carbocycles. The minimum absolute atomic E-state index is 0.0567. The Hall–Kier alpha value is -2.28. The minimum atomic E-state index is -0.132. The average molecular weight is 287 g/mol. The number of hydrogen-bond acceptors (Lipinski definition) is 5. The molecule has 2 aromatic heterocycles. The van der Waals surface area contributed by atoms with E-state index in [2.05, 4.69) is 15.3 Å². The predicted molar refractivity (Wildman–Crippen MR) is 74.6 cm³/mol. The molecule has 21 heavy (non-hydrogen) atoms. The Balaban J connectivity index is 1.95. The maximum atomic E-state index is 12.7. The molecular formula is C14H17N5O2. The van der Waals surface area contributed by atoms with Crippen LogP contribution in [0.25, 0.3) is 0 Å². The second-order valence-electron chi connectivity index (χ2n) is 5.03. The van der Waals surface area contributed by atoms with Crippen LogP contribution in [-0.2, 0) is 18.2 Å². The molecule has 2 aromatic rings. The molecule has 1 aliphatic rings. The van der Waals surface area contributed by atoms with Crippen LogP contribution in [0.3, 0.4) is 0 Å². The third kappa shape index (κ3) is 2.40. The van der Waals surface area contributed by atoms with Crippen molar-refractivity contribution in [2.24, 2.45) is 7.05 Å². The summed E-state index contributed by atoms with van der Waals surface area (Å²) in [7, 11) is 3.53. The van der Waals surface area contributed by atoms with Gasteiger partial charge in [0.25, 0.3) is 5.91 Å². The van der Waals surface area contributed by atoms with Crippen molar-refractivity contribution in [3.05, 3.63) is 41.5 Å². The zero-order chi connectivity index (χ0) is 14.8. The van der Waals surface area contributed by atoms with Crippen LogP contribution < -0.4 is 0 Å². The van der Waals surface area contributed by atoms with Gasteiger partial charge in [0.05, 0.1) is 42.5 Å². The number of aryl methyl sites for hydroxylation is 1. The Morgan fingerprint density at radius 1 is 1.43 bits per heavy atom. The molecule has 1 atom stereocenters. The standard InChI is InChI=1S/C14H17N5O2/c1-18-13-10(8-17-18)4-6-19(12(13)9-21-2)14(20)11-3-5-15-16-7-11/h3,5,7-8,12H,4,6,9H2,1-2H3. The van der Waals surface area contributed by atoms with Crippen molar-refractivity contribution in [3.8, 4) is 0 Å². The van der Waals surface area contributed by atoms with Gasteiger partial charge in [-0.1, -0.05) is 0 Å². The van der Waals surface area contributed by atoms with Gasteiger partial charge in [-0.15, -0.1) is 0 Å². The van der Waals surface area contributed by atoms with Crippen molar-refractivity contribution >= 4 is 5.91 Å². The first-order valence-electron chi connectivity index (χ1n) is 6.79. The van der Waals surface area contributed by atoms with Crippen LogP contribution >= 0.6 is 0 Å². The summed E-state index contributed by atoms with van der Waals surface area (Å²) in [5.74, 6) is -0.0567. The number of fused-ring (bicyclic) bond motifs is 1. The van der Waals surface area contributed by atoms with Crippen LogP contribution in [0.5, 0.6) is 0 Å². The van der Waals surface area contributed by atoms with Crippen molar-refractivity contribution < 1.29 is 9.53 Å². The number of carbonyl (C=O) groups excluding carboxylic acids is 1. The summed E-state index contributed by atoms with van der Waals surface area (Å²) >= 11 is 0. The summed E-state index contributed by atoms with van der Waals surface area (Å²) < 4.78 is 7.14. The fourth-order valence-corrected chi connectivity index (χ4v) is 2.81. The topological polar surface area (TPSA) is 73.1 Å². The van der Waals surface area contributed by atoms with Crippen LogP contribution in [0, 0.1) is 0 Å². The molecule has 0 N–H and O–H groups in total. The van der Waals surface area contributed by atoms with E-state index >= 15 is 0 Å². The molecule has 0 radical (unpaired) electrons. The van der Waals surface area contributed by atoms with E-state index in [1.807, 2.05) is 22.8 Å². The lowest BCUT2D eigenvalue weighted by Crippen LogP contribution is -2.42. The third-order valence-corrected chi connectivity index (χ3v) is 3.79. The maximum Gasteiger partial charge on any atom is 0.256 e. The number of amides is 1. The second-order valence-corrected chi connectivity index (χ2v) is 5.03. The summed E-state index contributed by atoms with van der Waals surface area (Å²) in [6.45, 7) is 1.09. The van der Waals surface area contributed by atoms with Crippen LogP contribution in [0.1, 0.15) is 27.7 Å². The summed E-state index contributed by atoms with van der Waals surface area (Å²) in [6, 6.07) is 1.55. The molecule has 0 spiro atoms. The number of aromatic nitrogens is 4. The van der Waals surface area contributed by atoms with Crippen LogP contribution in [0.2, 0.25) is 0 Å². The first kappa shape index (κ1) is 13.7. The zero-order valence-corrected chi connectivity index (χ0v) is 12.1. The highest BCUT2D eigenvalue weighted by molar-refractivity contribution is 5.94. The van der Waals surface area contributed by atoms with Gasteiger partial charge in [-0.3, -0.25) is 9.48 Å². The highest BCUT2D eigenvalue weighted by atomic mass is 16.5. The van der Waals surface area contributed by atoms with Gasteiger partial charge in [0, 0.05) is 20.7 Å². The molecule has 1 aliphatic heterocycles. The number of ether oxygens (including phenoxy) is 1. The lowest BCUT2D eigenvalue weighted by molar-refractivity contribution is 0.0484. The van der Waals surface area contributed by atoms with E-state index in [1.54, 1.807) is 13.2 Å². The largest absolute Gasteiger partial charge is 0.382 e. The third-order valence-electron chi connectivity index (χ3n) is 3.79. The van der Waals surface area contributed by atoms with E-state index in [1.165, 1.54) is 18.0 Å². The van der Waals surface area contributed by atoms with Crippen LogP contribution in [-0.4, -0.2) is 51.0 Å². The first-order valence-corrected chi connectivity index (χ1v) is 6.79. The van der Waals surface area contributed by atoms with E-state index < -0.39 is 0 Å². The number of methoxy groups -OCH3 is 1. The highest BCUT2D eigenvalue weighted by Gasteiger charge is 2.34. The monoisotopic (exact) mass is 287 g/mol. The SMILES string of the molecule is COCC1c2c(cnn2C)CCN1C(=O)c1ccnnc1. The summed E-state index contributed by atoms with van der Waals surface area (Å²) in [5, 5.41) is 11.8. The molecule has 1 amide bonds. The smallest absolute Gasteiger partial charge is 0.256 e. The van der Waals surface area contributed by atoms with Crippen LogP contribution in [0.4, 0.5) is 0 Å². The van der Waals surface area contributed by atoms with Gasteiger partial charge in [0.15, 0.2) is 0 Å². The molecule has 0 saturated carbocycles. The van der Waals surface area contributed by atoms with Gasteiger partial charge in [0.2, 0.25) is 0 Å².